The quantitative estimate of drug-likeness (QED) is 0.858. The second-order valence-corrected chi connectivity index (χ2v) is 7.11. The van der Waals surface area contributed by atoms with E-state index in [1.807, 2.05) is 18.2 Å². The Morgan fingerprint density at radius 1 is 1.30 bits per heavy atom. The SMILES string of the molecule is CC(C)n1cnnc1C1CCN(C(=O)[C@@H]2CCCO[C@H]2C)CC1. The summed E-state index contributed by atoms with van der Waals surface area (Å²) in [6.45, 7) is 8.75. The van der Waals surface area contributed by atoms with Gasteiger partial charge in [0.25, 0.3) is 0 Å². The molecule has 0 radical (unpaired) electrons. The Labute approximate surface area is 138 Å². The van der Waals surface area contributed by atoms with Gasteiger partial charge < -0.3 is 14.2 Å². The van der Waals surface area contributed by atoms with Gasteiger partial charge >= 0.3 is 0 Å². The average molecular weight is 320 g/mol. The molecule has 2 atom stereocenters. The van der Waals surface area contributed by atoms with E-state index in [9.17, 15) is 4.79 Å². The summed E-state index contributed by atoms with van der Waals surface area (Å²) in [5, 5.41) is 8.39. The van der Waals surface area contributed by atoms with Crippen molar-refractivity contribution in [2.24, 2.45) is 5.92 Å². The molecule has 6 nitrogen and oxygen atoms in total. The molecule has 6 heteroatoms. The molecule has 0 saturated carbocycles. The molecule has 0 spiro atoms. The Morgan fingerprint density at radius 3 is 2.70 bits per heavy atom. The van der Waals surface area contributed by atoms with Crippen LogP contribution in [0.5, 0.6) is 0 Å². The maximum Gasteiger partial charge on any atom is 0.228 e. The van der Waals surface area contributed by atoms with Crippen molar-refractivity contribution in [3.63, 3.8) is 0 Å². The summed E-state index contributed by atoms with van der Waals surface area (Å²) in [7, 11) is 0. The first-order valence-corrected chi connectivity index (χ1v) is 8.87. The van der Waals surface area contributed by atoms with Crippen LogP contribution < -0.4 is 0 Å². The van der Waals surface area contributed by atoms with E-state index in [0.717, 1.165) is 51.2 Å². The lowest BCUT2D eigenvalue weighted by molar-refractivity contribution is -0.145. The highest BCUT2D eigenvalue weighted by atomic mass is 16.5. The maximum atomic E-state index is 12.7. The first-order valence-electron chi connectivity index (χ1n) is 8.87. The largest absolute Gasteiger partial charge is 0.378 e. The van der Waals surface area contributed by atoms with Crippen LogP contribution >= 0.6 is 0 Å². The van der Waals surface area contributed by atoms with Gasteiger partial charge in [-0.05, 0) is 46.5 Å². The molecule has 0 aromatic carbocycles. The summed E-state index contributed by atoms with van der Waals surface area (Å²) in [4.78, 5) is 14.8. The number of ether oxygens (including phenoxy) is 1. The van der Waals surface area contributed by atoms with Crippen molar-refractivity contribution in [3.8, 4) is 0 Å². The second-order valence-electron chi connectivity index (χ2n) is 7.11. The molecule has 2 aliphatic rings. The van der Waals surface area contributed by atoms with Crippen LogP contribution in [0, 0.1) is 5.92 Å². The van der Waals surface area contributed by atoms with E-state index in [2.05, 4.69) is 28.6 Å². The minimum Gasteiger partial charge on any atom is -0.378 e. The van der Waals surface area contributed by atoms with Crippen molar-refractivity contribution in [1.82, 2.24) is 19.7 Å². The third-order valence-corrected chi connectivity index (χ3v) is 5.25. The minimum absolute atomic E-state index is 0.0413. The normalized spacial score (nSPS) is 26.7. The lowest BCUT2D eigenvalue weighted by Crippen LogP contribution is -2.46. The Kier molecular flexibility index (Phi) is 4.99. The molecule has 3 rings (SSSR count). The predicted octanol–water partition coefficient (Wildman–Crippen LogP) is 2.38. The van der Waals surface area contributed by atoms with Gasteiger partial charge in [0.05, 0.1) is 12.0 Å². The van der Waals surface area contributed by atoms with Crippen molar-refractivity contribution in [2.45, 2.75) is 64.5 Å². The third-order valence-electron chi connectivity index (χ3n) is 5.25. The van der Waals surface area contributed by atoms with Gasteiger partial charge in [0.2, 0.25) is 5.91 Å². The van der Waals surface area contributed by atoms with Gasteiger partial charge in [-0.25, -0.2) is 0 Å². The number of piperidine rings is 1. The molecule has 128 valence electrons. The van der Waals surface area contributed by atoms with Crippen molar-refractivity contribution in [2.75, 3.05) is 19.7 Å². The molecule has 1 aromatic rings. The van der Waals surface area contributed by atoms with E-state index < -0.39 is 0 Å². The zero-order valence-electron chi connectivity index (χ0n) is 14.4. The molecule has 2 saturated heterocycles. The fourth-order valence-corrected chi connectivity index (χ4v) is 3.78. The standard InChI is InChI=1S/C17H28N4O2/c1-12(2)21-11-18-19-16(21)14-6-8-20(9-7-14)17(22)15-5-4-10-23-13(15)3/h11-15H,4-10H2,1-3H3/t13-,15+/m0/s1. The molecule has 2 fully saturated rings. The fourth-order valence-electron chi connectivity index (χ4n) is 3.78. The van der Waals surface area contributed by atoms with Gasteiger partial charge in [0.1, 0.15) is 12.2 Å². The third kappa shape index (κ3) is 3.42. The topological polar surface area (TPSA) is 60.2 Å². The Morgan fingerprint density at radius 2 is 2.04 bits per heavy atom. The van der Waals surface area contributed by atoms with Crippen LogP contribution in [0.4, 0.5) is 0 Å². The van der Waals surface area contributed by atoms with Gasteiger partial charge in [-0.15, -0.1) is 10.2 Å². The number of rotatable bonds is 3. The van der Waals surface area contributed by atoms with Crippen LogP contribution in [0.1, 0.15) is 64.2 Å². The molecule has 23 heavy (non-hydrogen) atoms. The van der Waals surface area contributed by atoms with E-state index in [1.54, 1.807) is 0 Å². The smallest absolute Gasteiger partial charge is 0.228 e. The number of likely N-dealkylation sites (tertiary alicyclic amines) is 1. The summed E-state index contributed by atoms with van der Waals surface area (Å²) in [6.07, 6.45) is 5.77. The second kappa shape index (κ2) is 6.99. The highest BCUT2D eigenvalue weighted by Gasteiger charge is 2.34. The van der Waals surface area contributed by atoms with E-state index in [-0.39, 0.29) is 17.9 Å². The number of carbonyl (C=O) groups excluding carboxylic acids is 1. The summed E-state index contributed by atoms with van der Waals surface area (Å²) >= 11 is 0. The molecule has 0 bridgehead atoms. The zero-order valence-corrected chi connectivity index (χ0v) is 14.4. The molecular formula is C17H28N4O2. The molecular weight excluding hydrogens is 292 g/mol. The van der Waals surface area contributed by atoms with Crippen LogP contribution in [0.15, 0.2) is 6.33 Å². The minimum atomic E-state index is 0.0413. The molecule has 2 aliphatic heterocycles. The molecule has 1 aromatic heterocycles. The summed E-state index contributed by atoms with van der Waals surface area (Å²) in [6, 6.07) is 0.375. The van der Waals surface area contributed by atoms with E-state index in [1.165, 1.54) is 0 Å². The van der Waals surface area contributed by atoms with Crippen molar-refractivity contribution >= 4 is 5.91 Å². The zero-order chi connectivity index (χ0) is 16.4. The van der Waals surface area contributed by atoms with Crippen LogP contribution in [-0.4, -0.2) is 51.4 Å². The summed E-state index contributed by atoms with van der Waals surface area (Å²) in [5.74, 6) is 1.80. The van der Waals surface area contributed by atoms with Crippen LogP contribution in [-0.2, 0) is 9.53 Å². The van der Waals surface area contributed by atoms with Crippen molar-refractivity contribution in [3.05, 3.63) is 12.2 Å². The van der Waals surface area contributed by atoms with Gasteiger partial charge in [0, 0.05) is 31.7 Å². The summed E-state index contributed by atoms with van der Waals surface area (Å²) in [5.41, 5.74) is 0. The molecule has 1 amide bonds. The first kappa shape index (κ1) is 16.4. The lowest BCUT2D eigenvalue weighted by atomic mass is 9.91. The Balaban J connectivity index is 1.60. The molecule has 0 unspecified atom stereocenters. The maximum absolute atomic E-state index is 12.7. The van der Waals surface area contributed by atoms with Gasteiger partial charge in [-0.1, -0.05) is 0 Å². The summed E-state index contributed by atoms with van der Waals surface area (Å²) < 4.78 is 7.81. The van der Waals surface area contributed by atoms with Gasteiger partial charge in [-0.2, -0.15) is 0 Å². The number of hydrogen-bond donors (Lipinski definition) is 0. The van der Waals surface area contributed by atoms with E-state index in [0.29, 0.717) is 12.0 Å². The number of carbonyl (C=O) groups is 1. The first-order chi connectivity index (χ1) is 11.1. The predicted molar refractivity (Wildman–Crippen MR) is 87.1 cm³/mol. The van der Waals surface area contributed by atoms with E-state index in [4.69, 9.17) is 4.74 Å². The monoisotopic (exact) mass is 320 g/mol. The number of aromatic nitrogens is 3. The lowest BCUT2D eigenvalue weighted by Gasteiger charge is -2.37. The highest BCUT2D eigenvalue weighted by molar-refractivity contribution is 5.79. The number of amides is 1. The van der Waals surface area contributed by atoms with Crippen LogP contribution in [0.3, 0.4) is 0 Å². The molecule has 0 aliphatic carbocycles. The van der Waals surface area contributed by atoms with Crippen LogP contribution in [0.25, 0.3) is 0 Å². The van der Waals surface area contributed by atoms with Crippen molar-refractivity contribution < 1.29 is 9.53 Å². The number of hydrogen-bond acceptors (Lipinski definition) is 4. The molecule has 3 heterocycles. The Bertz CT molecular complexity index is 534. The Hall–Kier alpha value is -1.43. The molecule has 0 N–H and O–H groups in total. The number of nitrogens with zero attached hydrogens (tertiary/aromatic N) is 4. The van der Waals surface area contributed by atoms with E-state index >= 15 is 0 Å². The van der Waals surface area contributed by atoms with Gasteiger partial charge in [-0.3, -0.25) is 4.79 Å². The van der Waals surface area contributed by atoms with Crippen LogP contribution in [0.2, 0.25) is 0 Å². The van der Waals surface area contributed by atoms with Gasteiger partial charge in [0.15, 0.2) is 0 Å². The average Bonchev–Trinajstić information content (AvgIpc) is 3.05. The fraction of sp³-hybridized carbons (Fsp3) is 0.824. The highest BCUT2D eigenvalue weighted by Crippen LogP contribution is 2.30. The van der Waals surface area contributed by atoms with Crippen molar-refractivity contribution in [1.29, 1.82) is 0 Å².